The zero-order valence-corrected chi connectivity index (χ0v) is 14.1. The van der Waals surface area contributed by atoms with Crippen LogP contribution in [-0.4, -0.2) is 23.2 Å². The molecule has 0 radical (unpaired) electrons. The molecule has 4 nitrogen and oxygen atoms in total. The van der Waals surface area contributed by atoms with Crippen molar-refractivity contribution in [2.24, 2.45) is 11.8 Å². The molecule has 21 heavy (non-hydrogen) atoms. The van der Waals surface area contributed by atoms with Gasteiger partial charge in [0.15, 0.2) is 5.82 Å². The number of likely N-dealkylation sites (N-methyl/N-ethyl adjacent to an activating group) is 1. The molecule has 120 valence electrons. The average Bonchev–Trinajstić information content (AvgIpc) is 2.95. The predicted octanol–water partition coefficient (Wildman–Crippen LogP) is 3.93. The molecule has 1 unspecified atom stereocenters. The summed E-state index contributed by atoms with van der Waals surface area (Å²) in [6.45, 7) is 6.88. The van der Waals surface area contributed by atoms with Crippen LogP contribution in [-0.2, 0) is 6.42 Å². The Morgan fingerprint density at radius 2 is 1.95 bits per heavy atom. The van der Waals surface area contributed by atoms with Crippen molar-refractivity contribution in [3.05, 3.63) is 11.7 Å². The van der Waals surface area contributed by atoms with Gasteiger partial charge in [0.2, 0.25) is 5.89 Å². The van der Waals surface area contributed by atoms with Crippen LogP contribution in [0.5, 0.6) is 0 Å². The van der Waals surface area contributed by atoms with E-state index in [-0.39, 0.29) is 0 Å². The van der Waals surface area contributed by atoms with Crippen molar-refractivity contribution in [2.45, 2.75) is 77.7 Å². The van der Waals surface area contributed by atoms with Gasteiger partial charge in [-0.15, -0.1) is 0 Å². The molecule has 1 aliphatic carbocycles. The fourth-order valence-electron chi connectivity index (χ4n) is 3.47. The van der Waals surface area contributed by atoms with Gasteiger partial charge in [-0.05, 0) is 51.0 Å². The summed E-state index contributed by atoms with van der Waals surface area (Å²) in [4.78, 5) is 4.66. The smallest absolute Gasteiger partial charge is 0.228 e. The summed E-state index contributed by atoms with van der Waals surface area (Å²) in [7, 11) is 2.00. The van der Waals surface area contributed by atoms with Gasteiger partial charge in [-0.2, -0.15) is 4.98 Å². The van der Waals surface area contributed by atoms with Crippen LogP contribution in [0, 0.1) is 11.8 Å². The van der Waals surface area contributed by atoms with E-state index in [1.165, 1.54) is 32.1 Å². The maximum absolute atomic E-state index is 5.47. The van der Waals surface area contributed by atoms with Crippen LogP contribution in [0.4, 0.5) is 0 Å². The zero-order valence-electron chi connectivity index (χ0n) is 14.1. The number of hydrogen-bond donors (Lipinski definition) is 1. The third-order valence-electron chi connectivity index (χ3n) is 5.03. The Labute approximate surface area is 129 Å². The second-order valence-electron chi connectivity index (χ2n) is 6.88. The highest BCUT2D eigenvalue weighted by molar-refractivity contribution is 4.99. The quantitative estimate of drug-likeness (QED) is 0.827. The van der Waals surface area contributed by atoms with Crippen molar-refractivity contribution in [3.63, 3.8) is 0 Å². The average molecular weight is 293 g/mol. The largest absolute Gasteiger partial charge is 0.339 e. The Morgan fingerprint density at radius 1 is 1.24 bits per heavy atom. The maximum atomic E-state index is 5.47. The highest BCUT2D eigenvalue weighted by Gasteiger charge is 2.27. The molecular formula is C17H31N3O. The summed E-state index contributed by atoms with van der Waals surface area (Å²) in [6.07, 6.45) is 8.21. The molecule has 0 spiro atoms. The third-order valence-corrected chi connectivity index (χ3v) is 5.03. The molecule has 1 aromatic rings. The third kappa shape index (κ3) is 4.53. The van der Waals surface area contributed by atoms with Crippen LogP contribution >= 0.6 is 0 Å². The lowest BCUT2D eigenvalue weighted by Gasteiger charge is -2.29. The van der Waals surface area contributed by atoms with Crippen molar-refractivity contribution < 1.29 is 4.52 Å². The molecule has 1 N–H and O–H groups in total. The van der Waals surface area contributed by atoms with E-state index in [0.29, 0.717) is 12.0 Å². The fraction of sp³-hybridized carbons (Fsp3) is 0.882. The van der Waals surface area contributed by atoms with E-state index in [0.717, 1.165) is 36.4 Å². The fourth-order valence-corrected chi connectivity index (χ4v) is 3.47. The number of hydrogen-bond acceptors (Lipinski definition) is 4. The minimum atomic E-state index is 0.444. The van der Waals surface area contributed by atoms with Gasteiger partial charge >= 0.3 is 0 Å². The van der Waals surface area contributed by atoms with Crippen LogP contribution < -0.4 is 5.32 Å². The summed E-state index contributed by atoms with van der Waals surface area (Å²) >= 11 is 0. The van der Waals surface area contributed by atoms with Crippen LogP contribution in [0.1, 0.15) is 76.9 Å². The summed E-state index contributed by atoms with van der Waals surface area (Å²) in [5.41, 5.74) is 0. The Kier molecular flexibility index (Phi) is 6.22. The van der Waals surface area contributed by atoms with Gasteiger partial charge in [0, 0.05) is 18.4 Å². The lowest BCUT2D eigenvalue weighted by atomic mass is 9.77. The van der Waals surface area contributed by atoms with Crippen molar-refractivity contribution in [2.75, 3.05) is 7.05 Å². The standard InChI is InChI=1S/C17H31N3O/c1-5-6-15(18-4)11-16-19-17(20-21-16)14-9-7-13(8-10-14)12(2)3/h12-15,18H,5-11H2,1-4H3. The molecule has 1 atom stereocenters. The van der Waals surface area contributed by atoms with Crippen LogP contribution in [0.15, 0.2) is 4.52 Å². The molecule has 2 rings (SSSR count). The molecule has 1 aromatic heterocycles. The van der Waals surface area contributed by atoms with E-state index < -0.39 is 0 Å². The summed E-state index contributed by atoms with van der Waals surface area (Å²) in [6, 6.07) is 0.444. The van der Waals surface area contributed by atoms with E-state index in [1.54, 1.807) is 0 Å². The predicted molar refractivity (Wildman–Crippen MR) is 85.3 cm³/mol. The van der Waals surface area contributed by atoms with E-state index in [4.69, 9.17) is 4.52 Å². The first-order valence-corrected chi connectivity index (χ1v) is 8.63. The maximum Gasteiger partial charge on any atom is 0.228 e. The van der Waals surface area contributed by atoms with Gasteiger partial charge in [0.25, 0.3) is 0 Å². The summed E-state index contributed by atoms with van der Waals surface area (Å²) < 4.78 is 5.47. The van der Waals surface area contributed by atoms with Crippen LogP contribution in [0.3, 0.4) is 0 Å². The van der Waals surface area contributed by atoms with E-state index >= 15 is 0 Å². The minimum Gasteiger partial charge on any atom is -0.339 e. The number of nitrogens with zero attached hydrogens (tertiary/aromatic N) is 2. The van der Waals surface area contributed by atoms with Gasteiger partial charge in [0.1, 0.15) is 0 Å². The normalized spacial score (nSPS) is 24.4. The topological polar surface area (TPSA) is 51.0 Å². The lowest BCUT2D eigenvalue weighted by molar-refractivity contribution is 0.251. The summed E-state index contributed by atoms with van der Waals surface area (Å²) in [5, 5.41) is 7.57. The molecule has 0 bridgehead atoms. The molecule has 0 aliphatic heterocycles. The van der Waals surface area contributed by atoms with Crippen molar-refractivity contribution in [1.82, 2.24) is 15.5 Å². The van der Waals surface area contributed by atoms with Crippen LogP contribution in [0.25, 0.3) is 0 Å². The Balaban J connectivity index is 1.88. The highest BCUT2D eigenvalue weighted by Crippen LogP contribution is 2.37. The first-order chi connectivity index (χ1) is 10.1. The Bertz CT molecular complexity index is 408. The zero-order chi connectivity index (χ0) is 15.2. The minimum absolute atomic E-state index is 0.444. The summed E-state index contributed by atoms with van der Waals surface area (Å²) in [5.74, 6) is 3.93. The van der Waals surface area contributed by atoms with Gasteiger partial charge in [-0.25, -0.2) is 0 Å². The van der Waals surface area contributed by atoms with E-state index in [9.17, 15) is 0 Å². The number of rotatable bonds is 7. The monoisotopic (exact) mass is 293 g/mol. The number of nitrogens with one attached hydrogen (secondary N) is 1. The molecular weight excluding hydrogens is 262 g/mol. The van der Waals surface area contributed by atoms with E-state index in [1.807, 2.05) is 7.05 Å². The molecule has 0 saturated heterocycles. The Hall–Kier alpha value is -0.900. The second-order valence-corrected chi connectivity index (χ2v) is 6.88. The molecule has 0 aromatic carbocycles. The highest BCUT2D eigenvalue weighted by atomic mass is 16.5. The molecule has 1 saturated carbocycles. The van der Waals surface area contributed by atoms with Gasteiger partial charge in [-0.1, -0.05) is 32.3 Å². The van der Waals surface area contributed by atoms with Crippen molar-refractivity contribution in [1.29, 1.82) is 0 Å². The Morgan fingerprint density at radius 3 is 2.52 bits per heavy atom. The second kappa shape index (κ2) is 7.92. The molecule has 4 heteroatoms. The molecule has 1 aliphatic rings. The van der Waals surface area contributed by atoms with Gasteiger partial charge in [-0.3, -0.25) is 0 Å². The molecule has 1 fully saturated rings. The van der Waals surface area contributed by atoms with Crippen LogP contribution in [0.2, 0.25) is 0 Å². The van der Waals surface area contributed by atoms with Gasteiger partial charge < -0.3 is 9.84 Å². The van der Waals surface area contributed by atoms with Gasteiger partial charge in [0.05, 0.1) is 0 Å². The number of aromatic nitrogens is 2. The SMILES string of the molecule is CCCC(Cc1nc(C2CCC(C(C)C)CC2)no1)NC. The molecule has 0 amide bonds. The van der Waals surface area contributed by atoms with E-state index in [2.05, 4.69) is 36.2 Å². The lowest BCUT2D eigenvalue weighted by Crippen LogP contribution is -2.27. The first kappa shape index (κ1) is 16.5. The molecule has 1 heterocycles. The van der Waals surface area contributed by atoms with Crippen molar-refractivity contribution in [3.8, 4) is 0 Å². The first-order valence-electron chi connectivity index (χ1n) is 8.63. The van der Waals surface area contributed by atoms with Crippen molar-refractivity contribution >= 4 is 0 Å².